The fourth-order valence-electron chi connectivity index (χ4n) is 8.02. The van der Waals surface area contributed by atoms with E-state index >= 15 is 0 Å². The summed E-state index contributed by atoms with van der Waals surface area (Å²) < 4.78 is 0. The Morgan fingerprint density at radius 2 is 1.02 bits per heavy atom. The van der Waals surface area contributed by atoms with E-state index in [-0.39, 0.29) is 5.41 Å². The van der Waals surface area contributed by atoms with Gasteiger partial charge in [-0.2, -0.15) is 0 Å². The highest BCUT2D eigenvalue weighted by atomic mass is 15.1. The molecule has 0 saturated heterocycles. The smallest absolute Gasteiger partial charge is 0.0628 e. The van der Waals surface area contributed by atoms with Crippen LogP contribution in [0.5, 0.6) is 0 Å². The second-order valence-corrected chi connectivity index (χ2v) is 13.3. The zero-order chi connectivity index (χ0) is 32.2. The summed E-state index contributed by atoms with van der Waals surface area (Å²) in [5, 5.41) is 5.03. The molecule has 8 aromatic rings. The van der Waals surface area contributed by atoms with Crippen LogP contribution in [-0.2, 0) is 5.41 Å². The highest BCUT2D eigenvalue weighted by Crippen LogP contribution is 2.60. The molecule has 0 saturated carbocycles. The monoisotopic (exact) mass is 613 g/mol. The first kappa shape index (κ1) is 28.3. The minimum Gasteiger partial charge on any atom is -0.309 e. The van der Waals surface area contributed by atoms with Crippen molar-refractivity contribution in [3.8, 4) is 33.4 Å². The Balaban J connectivity index is 1.47. The first-order chi connectivity index (χ1) is 23.6. The van der Waals surface area contributed by atoms with E-state index < -0.39 is 0 Å². The summed E-state index contributed by atoms with van der Waals surface area (Å²) in [7, 11) is 0. The third-order valence-corrected chi connectivity index (χ3v) is 10.2. The molecule has 0 atom stereocenters. The topological polar surface area (TPSA) is 3.24 Å². The number of nitrogens with zero attached hydrogens (tertiary/aromatic N) is 1. The summed E-state index contributed by atoms with van der Waals surface area (Å²) in [4.78, 5) is 2.53. The molecule has 9 rings (SSSR count). The lowest BCUT2D eigenvalue weighted by Gasteiger charge is -2.33. The van der Waals surface area contributed by atoms with E-state index in [1.165, 1.54) is 71.7 Å². The zero-order valence-corrected chi connectivity index (χ0v) is 27.2. The maximum atomic E-state index is 2.53. The van der Waals surface area contributed by atoms with Gasteiger partial charge in [-0.25, -0.2) is 0 Å². The lowest BCUT2D eigenvalue weighted by atomic mass is 9.78. The quantitative estimate of drug-likeness (QED) is 0.187. The van der Waals surface area contributed by atoms with Crippen LogP contribution in [0.15, 0.2) is 176 Å². The molecule has 0 bridgehead atoms. The number of benzene rings is 8. The van der Waals surface area contributed by atoms with Gasteiger partial charge in [0, 0.05) is 27.9 Å². The normalized spacial score (nSPS) is 13.0. The molecule has 1 nitrogen and oxygen atoms in total. The van der Waals surface area contributed by atoms with Crippen molar-refractivity contribution in [2.24, 2.45) is 0 Å². The lowest BCUT2D eigenvalue weighted by Crippen LogP contribution is -2.17. The van der Waals surface area contributed by atoms with Crippen LogP contribution in [0, 0.1) is 0 Å². The SMILES string of the molecule is CC1(C)c2ccccc2-c2c(N(c3cccc(-c4ccccc4)c3)c3ccc4ccccc4c3)c(-c3ccccc3)c3ccccc3c21. The van der Waals surface area contributed by atoms with Gasteiger partial charge < -0.3 is 4.90 Å². The first-order valence-corrected chi connectivity index (χ1v) is 16.8. The number of fused-ring (bicyclic) bond motifs is 6. The van der Waals surface area contributed by atoms with Gasteiger partial charge in [-0.15, -0.1) is 0 Å². The van der Waals surface area contributed by atoms with Crippen molar-refractivity contribution >= 4 is 38.6 Å². The van der Waals surface area contributed by atoms with Gasteiger partial charge in [0.1, 0.15) is 0 Å². The standard InChI is InChI=1S/C47H35N/c1-47(2)42-27-14-13-26-41(42)44-45(47)40-25-12-11-24-39(40)43(34-19-7-4-8-20-34)46(44)48(38-29-28-33-18-9-10-21-35(33)31-38)37-23-15-22-36(30-37)32-16-5-3-6-17-32/h3-31H,1-2H3. The van der Waals surface area contributed by atoms with E-state index in [2.05, 4.69) is 195 Å². The Labute approximate surface area is 282 Å². The highest BCUT2D eigenvalue weighted by Gasteiger charge is 2.41. The van der Waals surface area contributed by atoms with Crippen molar-refractivity contribution in [3.05, 3.63) is 187 Å². The molecule has 1 aliphatic carbocycles. The average molecular weight is 614 g/mol. The molecule has 1 aliphatic rings. The second kappa shape index (κ2) is 11.1. The molecule has 0 aromatic heterocycles. The fraction of sp³-hybridized carbons (Fsp3) is 0.0638. The summed E-state index contributed by atoms with van der Waals surface area (Å²) >= 11 is 0. The minimum atomic E-state index is -0.184. The molecule has 0 unspecified atom stereocenters. The third-order valence-electron chi connectivity index (χ3n) is 10.2. The molecule has 1 heteroatoms. The molecule has 228 valence electrons. The van der Waals surface area contributed by atoms with E-state index in [0.29, 0.717) is 0 Å². The zero-order valence-electron chi connectivity index (χ0n) is 27.2. The van der Waals surface area contributed by atoms with E-state index in [0.717, 1.165) is 11.4 Å². The van der Waals surface area contributed by atoms with E-state index in [9.17, 15) is 0 Å². The van der Waals surface area contributed by atoms with Crippen LogP contribution in [-0.4, -0.2) is 0 Å². The Hall–Kier alpha value is -5.92. The van der Waals surface area contributed by atoms with Crippen LogP contribution >= 0.6 is 0 Å². The van der Waals surface area contributed by atoms with Crippen molar-refractivity contribution in [2.45, 2.75) is 19.3 Å². The maximum Gasteiger partial charge on any atom is 0.0628 e. The van der Waals surface area contributed by atoms with Crippen molar-refractivity contribution in [1.29, 1.82) is 0 Å². The Bertz CT molecular complexity index is 2470. The molecule has 8 aromatic carbocycles. The van der Waals surface area contributed by atoms with Crippen molar-refractivity contribution < 1.29 is 0 Å². The third kappa shape index (κ3) is 4.39. The van der Waals surface area contributed by atoms with Crippen molar-refractivity contribution in [1.82, 2.24) is 0 Å². The van der Waals surface area contributed by atoms with Gasteiger partial charge >= 0.3 is 0 Å². The van der Waals surface area contributed by atoms with Gasteiger partial charge in [-0.3, -0.25) is 0 Å². The summed E-state index contributed by atoms with van der Waals surface area (Å²) in [6.07, 6.45) is 0. The minimum absolute atomic E-state index is 0.184. The molecule has 0 N–H and O–H groups in total. The van der Waals surface area contributed by atoms with Gasteiger partial charge in [0.25, 0.3) is 0 Å². The lowest BCUT2D eigenvalue weighted by molar-refractivity contribution is 0.666. The largest absolute Gasteiger partial charge is 0.309 e. The van der Waals surface area contributed by atoms with E-state index in [4.69, 9.17) is 0 Å². The summed E-state index contributed by atoms with van der Waals surface area (Å²) in [5.41, 5.74) is 13.5. The molecule has 0 spiro atoms. The van der Waals surface area contributed by atoms with Crippen LogP contribution in [0.2, 0.25) is 0 Å². The highest BCUT2D eigenvalue weighted by molar-refractivity contribution is 6.16. The first-order valence-electron chi connectivity index (χ1n) is 16.8. The van der Waals surface area contributed by atoms with Crippen LogP contribution in [0.4, 0.5) is 17.1 Å². The second-order valence-electron chi connectivity index (χ2n) is 13.3. The molecular formula is C47H35N. The van der Waals surface area contributed by atoms with Crippen LogP contribution in [0.25, 0.3) is 54.9 Å². The molecule has 0 heterocycles. The average Bonchev–Trinajstić information content (AvgIpc) is 3.39. The predicted octanol–water partition coefficient (Wildman–Crippen LogP) is 13.1. The molecular weight excluding hydrogens is 579 g/mol. The molecule has 0 amide bonds. The van der Waals surface area contributed by atoms with Gasteiger partial charge in [-0.1, -0.05) is 166 Å². The molecule has 48 heavy (non-hydrogen) atoms. The van der Waals surface area contributed by atoms with Crippen molar-refractivity contribution in [2.75, 3.05) is 4.90 Å². The number of anilines is 3. The van der Waals surface area contributed by atoms with Gasteiger partial charge in [0.15, 0.2) is 0 Å². The van der Waals surface area contributed by atoms with Crippen LogP contribution in [0.3, 0.4) is 0 Å². The number of rotatable bonds is 5. The maximum absolute atomic E-state index is 2.53. The van der Waals surface area contributed by atoms with Crippen molar-refractivity contribution in [3.63, 3.8) is 0 Å². The fourth-order valence-corrected chi connectivity index (χ4v) is 8.02. The predicted molar refractivity (Wildman–Crippen MR) is 205 cm³/mol. The number of hydrogen-bond acceptors (Lipinski definition) is 1. The summed E-state index contributed by atoms with van der Waals surface area (Å²) in [5.74, 6) is 0. The van der Waals surface area contributed by atoms with Gasteiger partial charge in [0.05, 0.1) is 5.69 Å². The Morgan fingerprint density at radius 3 is 1.81 bits per heavy atom. The molecule has 0 fully saturated rings. The number of hydrogen-bond donors (Lipinski definition) is 0. The van der Waals surface area contributed by atoms with Crippen LogP contribution < -0.4 is 4.90 Å². The molecule has 0 radical (unpaired) electrons. The van der Waals surface area contributed by atoms with E-state index in [1.54, 1.807) is 0 Å². The van der Waals surface area contributed by atoms with Gasteiger partial charge in [-0.05, 0) is 79.2 Å². The van der Waals surface area contributed by atoms with Gasteiger partial charge in [0.2, 0.25) is 0 Å². The Morgan fingerprint density at radius 1 is 0.417 bits per heavy atom. The van der Waals surface area contributed by atoms with Crippen LogP contribution in [0.1, 0.15) is 25.0 Å². The van der Waals surface area contributed by atoms with E-state index in [1.807, 2.05) is 0 Å². The Kier molecular flexibility index (Phi) is 6.55. The summed E-state index contributed by atoms with van der Waals surface area (Å²) in [6.45, 7) is 4.79. The molecule has 0 aliphatic heterocycles. The summed E-state index contributed by atoms with van der Waals surface area (Å²) in [6, 6.07) is 64.4.